The molecule has 1 aromatic carbocycles. The molecular weight excluding hydrogens is 382 g/mol. The lowest BCUT2D eigenvalue weighted by Crippen LogP contribution is -2.28. The van der Waals surface area contributed by atoms with Gasteiger partial charge < -0.3 is 14.1 Å². The summed E-state index contributed by atoms with van der Waals surface area (Å²) in [6.45, 7) is 3.14. The second kappa shape index (κ2) is 8.41. The molecule has 2 aromatic heterocycles. The number of amides is 2. The standard InChI is InChI=1S/C23H23N3O4/c1-15-13-18(29-2)3-4-19(15)22(27)25-21-6-5-20(30-21)23(28)26-12-9-17(14-26)16-7-10-24-11-8-16/h3-8,10-11,13,17H,9,12,14H2,1-2H3,(H,25,27). The van der Waals surface area contributed by atoms with Crippen LogP contribution in [-0.4, -0.2) is 41.9 Å². The van der Waals surface area contributed by atoms with Crippen molar-refractivity contribution in [3.8, 4) is 5.75 Å². The van der Waals surface area contributed by atoms with Crippen LogP contribution in [-0.2, 0) is 0 Å². The van der Waals surface area contributed by atoms with E-state index in [9.17, 15) is 9.59 Å². The summed E-state index contributed by atoms with van der Waals surface area (Å²) in [4.78, 5) is 31.2. The Hall–Kier alpha value is -3.61. The average molecular weight is 405 g/mol. The number of aromatic nitrogens is 1. The van der Waals surface area contributed by atoms with Gasteiger partial charge in [0.05, 0.1) is 7.11 Å². The third kappa shape index (κ3) is 4.05. The number of hydrogen-bond acceptors (Lipinski definition) is 5. The van der Waals surface area contributed by atoms with E-state index in [1.165, 1.54) is 5.56 Å². The number of pyridine rings is 1. The predicted molar refractivity (Wildman–Crippen MR) is 112 cm³/mol. The van der Waals surface area contributed by atoms with Crippen molar-refractivity contribution in [1.29, 1.82) is 0 Å². The number of hydrogen-bond donors (Lipinski definition) is 1. The van der Waals surface area contributed by atoms with Gasteiger partial charge in [0.15, 0.2) is 5.76 Å². The minimum absolute atomic E-state index is 0.173. The van der Waals surface area contributed by atoms with Crippen molar-refractivity contribution in [3.05, 3.63) is 77.3 Å². The van der Waals surface area contributed by atoms with Crippen molar-refractivity contribution in [2.24, 2.45) is 0 Å². The summed E-state index contributed by atoms with van der Waals surface area (Å²) in [7, 11) is 1.58. The molecule has 4 rings (SSSR count). The highest BCUT2D eigenvalue weighted by atomic mass is 16.5. The highest BCUT2D eigenvalue weighted by Crippen LogP contribution is 2.28. The Labute approximate surface area is 174 Å². The molecule has 1 saturated heterocycles. The number of benzene rings is 1. The van der Waals surface area contributed by atoms with Crippen LogP contribution >= 0.6 is 0 Å². The van der Waals surface area contributed by atoms with Crippen molar-refractivity contribution in [1.82, 2.24) is 9.88 Å². The number of aryl methyl sites for hydroxylation is 1. The van der Waals surface area contributed by atoms with Crippen molar-refractivity contribution in [2.45, 2.75) is 19.3 Å². The van der Waals surface area contributed by atoms with Crippen LogP contribution in [0.15, 0.2) is 59.3 Å². The van der Waals surface area contributed by atoms with Crippen LogP contribution in [0, 0.1) is 6.92 Å². The van der Waals surface area contributed by atoms with E-state index in [1.807, 2.05) is 19.1 Å². The van der Waals surface area contributed by atoms with Crippen LogP contribution in [0.25, 0.3) is 0 Å². The third-order valence-electron chi connectivity index (χ3n) is 5.38. The first-order valence-corrected chi connectivity index (χ1v) is 9.80. The Morgan fingerprint density at radius 1 is 1.17 bits per heavy atom. The van der Waals surface area contributed by atoms with Crippen molar-refractivity contribution >= 4 is 17.7 Å². The number of carbonyl (C=O) groups excluding carboxylic acids is 2. The lowest BCUT2D eigenvalue weighted by atomic mass is 10.00. The Bertz CT molecular complexity index is 1060. The first-order chi connectivity index (χ1) is 14.5. The van der Waals surface area contributed by atoms with Crippen LogP contribution in [0.1, 0.15) is 44.4 Å². The summed E-state index contributed by atoms with van der Waals surface area (Å²) < 4.78 is 10.8. The summed E-state index contributed by atoms with van der Waals surface area (Å²) in [6.07, 6.45) is 4.44. The van der Waals surface area contributed by atoms with Gasteiger partial charge in [0.2, 0.25) is 5.88 Å². The Morgan fingerprint density at radius 2 is 1.97 bits per heavy atom. The molecule has 1 N–H and O–H groups in total. The third-order valence-corrected chi connectivity index (χ3v) is 5.38. The van der Waals surface area contributed by atoms with E-state index in [-0.39, 0.29) is 23.5 Å². The zero-order chi connectivity index (χ0) is 21.1. The fourth-order valence-corrected chi connectivity index (χ4v) is 3.73. The van der Waals surface area contributed by atoms with Gasteiger partial charge in [-0.3, -0.25) is 19.9 Å². The van der Waals surface area contributed by atoms with E-state index in [2.05, 4.69) is 10.3 Å². The van der Waals surface area contributed by atoms with Crippen LogP contribution in [0.4, 0.5) is 5.88 Å². The zero-order valence-corrected chi connectivity index (χ0v) is 16.9. The molecule has 3 aromatic rings. The van der Waals surface area contributed by atoms with Crippen molar-refractivity contribution in [2.75, 3.05) is 25.5 Å². The largest absolute Gasteiger partial charge is 0.497 e. The number of likely N-dealkylation sites (tertiary alicyclic amines) is 1. The summed E-state index contributed by atoms with van der Waals surface area (Å²) in [6, 6.07) is 12.4. The summed E-state index contributed by atoms with van der Waals surface area (Å²) in [5, 5.41) is 2.71. The molecule has 7 nitrogen and oxygen atoms in total. The molecule has 0 saturated carbocycles. The van der Waals surface area contributed by atoms with Gasteiger partial charge in [0.1, 0.15) is 5.75 Å². The Morgan fingerprint density at radius 3 is 2.70 bits per heavy atom. The Kier molecular flexibility index (Phi) is 5.52. The first-order valence-electron chi connectivity index (χ1n) is 9.80. The molecule has 0 spiro atoms. The molecule has 1 fully saturated rings. The highest BCUT2D eigenvalue weighted by molar-refractivity contribution is 6.05. The van der Waals surface area contributed by atoms with E-state index in [0.29, 0.717) is 30.3 Å². The van der Waals surface area contributed by atoms with E-state index >= 15 is 0 Å². The molecule has 0 bridgehead atoms. The molecule has 3 heterocycles. The number of methoxy groups -OCH3 is 1. The topological polar surface area (TPSA) is 84.7 Å². The van der Waals surface area contributed by atoms with Crippen LogP contribution in [0.5, 0.6) is 5.75 Å². The number of anilines is 1. The molecule has 0 aliphatic carbocycles. The maximum Gasteiger partial charge on any atom is 0.289 e. The molecule has 154 valence electrons. The van der Waals surface area contributed by atoms with Gasteiger partial charge in [-0.2, -0.15) is 0 Å². The van der Waals surface area contributed by atoms with Crippen molar-refractivity contribution < 1.29 is 18.7 Å². The summed E-state index contributed by atoms with van der Waals surface area (Å²) in [5.74, 6) is 0.959. The molecule has 7 heteroatoms. The van der Waals surface area contributed by atoms with Crippen LogP contribution < -0.4 is 10.1 Å². The minimum atomic E-state index is -0.303. The fourth-order valence-electron chi connectivity index (χ4n) is 3.73. The average Bonchev–Trinajstić information content (AvgIpc) is 3.44. The monoisotopic (exact) mass is 405 g/mol. The van der Waals surface area contributed by atoms with E-state index in [1.54, 1.807) is 54.7 Å². The van der Waals surface area contributed by atoms with Crippen molar-refractivity contribution in [3.63, 3.8) is 0 Å². The normalized spacial score (nSPS) is 15.8. The predicted octanol–water partition coefficient (Wildman–Crippen LogP) is 3.87. The van der Waals surface area contributed by atoms with Gasteiger partial charge in [-0.1, -0.05) is 0 Å². The molecular formula is C23H23N3O4. The summed E-state index contributed by atoms with van der Waals surface area (Å²) >= 11 is 0. The first kappa shape index (κ1) is 19.7. The molecule has 1 atom stereocenters. The van der Waals surface area contributed by atoms with Crippen LogP contribution in [0.2, 0.25) is 0 Å². The molecule has 0 radical (unpaired) electrons. The van der Waals surface area contributed by atoms with Gasteiger partial charge in [-0.25, -0.2) is 0 Å². The van der Waals surface area contributed by atoms with Gasteiger partial charge >= 0.3 is 0 Å². The fraction of sp³-hybridized carbons (Fsp3) is 0.261. The van der Waals surface area contributed by atoms with E-state index in [4.69, 9.17) is 9.15 Å². The second-order valence-corrected chi connectivity index (χ2v) is 7.32. The lowest BCUT2D eigenvalue weighted by Gasteiger charge is -2.15. The summed E-state index contributed by atoms with van der Waals surface area (Å²) in [5.41, 5.74) is 2.48. The SMILES string of the molecule is COc1ccc(C(=O)Nc2ccc(C(=O)N3CCC(c4ccncc4)C3)o2)c(C)c1. The quantitative estimate of drug-likeness (QED) is 0.696. The Balaban J connectivity index is 1.40. The number of nitrogens with one attached hydrogen (secondary N) is 1. The molecule has 1 aliphatic rings. The van der Waals surface area contributed by atoms with Gasteiger partial charge in [0.25, 0.3) is 11.8 Å². The molecule has 30 heavy (non-hydrogen) atoms. The lowest BCUT2D eigenvalue weighted by molar-refractivity contribution is 0.0759. The van der Waals surface area contributed by atoms with E-state index in [0.717, 1.165) is 12.0 Å². The van der Waals surface area contributed by atoms with Crippen LogP contribution in [0.3, 0.4) is 0 Å². The highest BCUT2D eigenvalue weighted by Gasteiger charge is 2.29. The molecule has 2 amide bonds. The molecule has 1 aliphatic heterocycles. The number of ether oxygens (including phenoxy) is 1. The second-order valence-electron chi connectivity index (χ2n) is 7.32. The van der Waals surface area contributed by atoms with E-state index < -0.39 is 0 Å². The minimum Gasteiger partial charge on any atom is -0.497 e. The maximum absolute atomic E-state index is 12.8. The zero-order valence-electron chi connectivity index (χ0n) is 16.9. The number of carbonyl (C=O) groups is 2. The van der Waals surface area contributed by atoms with Gasteiger partial charge in [-0.05, 0) is 60.9 Å². The number of nitrogens with zero attached hydrogens (tertiary/aromatic N) is 2. The smallest absolute Gasteiger partial charge is 0.289 e. The number of rotatable bonds is 5. The van der Waals surface area contributed by atoms with Gasteiger partial charge in [-0.15, -0.1) is 0 Å². The number of furan rings is 1. The van der Waals surface area contributed by atoms with Gasteiger partial charge in [0, 0.05) is 43.0 Å². The maximum atomic E-state index is 12.8. The molecule has 1 unspecified atom stereocenters.